The minimum absolute atomic E-state index is 0. The van der Waals surface area contributed by atoms with Crippen molar-refractivity contribution in [3.8, 4) is 11.3 Å². The summed E-state index contributed by atoms with van der Waals surface area (Å²) in [6.07, 6.45) is 4.78. The van der Waals surface area contributed by atoms with Crippen molar-refractivity contribution in [3.63, 3.8) is 0 Å². The number of pyridine rings is 1. The number of aromatic nitrogens is 3. The van der Waals surface area contributed by atoms with E-state index >= 15 is 0 Å². The largest absolute Gasteiger partial charge is 1.00 e. The van der Waals surface area contributed by atoms with Crippen LogP contribution in [-0.2, 0) is 7.05 Å². The third-order valence-corrected chi connectivity index (χ3v) is 2.63. The molecular formula is C12H8LiN3O3. The first-order valence-electron chi connectivity index (χ1n) is 5.24. The molecule has 0 unspecified atom stereocenters. The van der Waals surface area contributed by atoms with Gasteiger partial charge in [-0.3, -0.25) is 4.68 Å². The molecule has 0 saturated heterocycles. The van der Waals surface area contributed by atoms with Gasteiger partial charge in [0.25, 0.3) is 0 Å². The zero-order chi connectivity index (χ0) is 12.7. The fourth-order valence-electron chi connectivity index (χ4n) is 1.81. The van der Waals surface area contributed by atoms with E-state index in [0.717, 1.165) is 5.56 Å². The van der Waals surface area contributed by atoms with E-state index in [1.54, 1.807) is 30.2 Å². The zero-order valence-corrected chi connectivity index (χ0v) is 10.5. The number of aryl methyl sites for hydroxylation is 1. The Morgan fingerprint density at radius 3 is 2.89 bits per heavy atom. The van der Waals surface area contributed by atoms with Crippen LogP contribution in [0.3, 0.4) is 0 Å². The fourth-order valence-corrected chi connectivity index (χ4v) is 1.81. The van der Waals surface area contributed by atoms with Gasteiger partial charge in [0, 0.05) is 30.4 Å². The fraction of sp³-hybridized carbons (Fsp3) is 0.0833. The minimum atomic E-state index is -1.29. The zero-order valence-electron chi connectivity index (χ0n) is 10.5. The standard InChI is InChI=1S/C12H9N3O3.Li/c1-15-6-7(5-13-15)10-4-8(12(16)17)11-9(14-10)2-3-18-11;/h2-6H,1H3,(H,16,17);/q;+1/p-1. The van der Waals surface area contributed by atoms with Gasteiger partial charge in [-0.25, -0.2) is 4.98 Å². The van der Waals surface area contributed by atoms with Crippen LogP contribution in [0.15, 0.2) is 35.2 Å². The molecule has 0 aromatic carbocycles. The number of carbonyl (C=O) groups is 1. The number of hydrogen-bond donors (Lipinski definition) is 0. The molecule has 3 aromatic heterocycles. The summed E-state index contributed by atoms with van der Waals surface area (Å²) in [6.45, 7) is 0. The summed E-state index contributed by atoms with van der Waals surface area (Å²) in [5, 5.41) is 15.1. The molecule has 7 heteroatoms. The van der Waals surface area contributed by atoms with Gasteiger partial charge >= 0.3 is 18.9 Å². The van der Waals surface area contributed by atoms with Crippen molar-refractivity contribution in [1.29, 1.82) is 0 Å². The molecule has 0 atom stereocenters. The second-order valence-corrected chi connectivity index (χ2v) is 3.88. The number of fused-ring (bicyclic) bond motifs is 1. The summed E-state index contributed by atoms with van der Waals surface area (Å²) >= 11 is 0. The Labute approximate surface area is 120 Å². The summed E-state index contributed by atoms with van der Waals surface area (Å²) in [6, 6.07) is 3.04. The molecule has 0 N–H and O–H groups in total. The molecule has 90 valence electrons. The van der Waals surface area contributed by atoms with Crippen molar-refractivity contribution in [3.05, 3.63) is 36.4 Å². The van der Waals surface area contributed by atoms with Crippen LogP contribution in [0.4, 0.5) is 0 Å². The molecule has 0 aliphatic rings. The predicted molar refractivity (Wildman–Crippen MR) is 60.5 cm³/mol. The second kappa shape index (κ2) is 4.92. The topological polar surface area (TPSA) is 84.0 Å². The first kappa shape index (κ1) is 13.4. The Hall–Kier alpha value is -2.03. The van der Waals surface area contributed by atoms with E-state index in [1.165, 1.54) is 12.3 Å². The summed E-state index contributed by atoms with van der Waals surface area (Å²) in [5.74, 6) is -1.29. The predicted octanol–water partition coefficient (Wildman–Crippen LogP) is -2.40. The number of rotatable bonds is 2. The minimum Gasteiger partial charge on any atom is -0.545 e. The number of carboxylic acids is 1. The maximum Gasteiger partial charge on any atom is 1.00 e. The summed E-state index contributed by atoms with van der Waals surface area (Å²) < 4.78 is 6.72. The average molecular weight is 249 g/mol. The van der Waals surface area contributed by atoms with Gasteiger partial charge in [0.2, 0.25) is 0 Å². The van der Waals surface area contributed by atoms with Crippen molar-refractivity contribution in [2.45, 2.75) is 0 Å². The van der Waals surface area contributed by atoms with E-state index in [4.69, 9.17) is 4.42 Å². The quantitative estimate of drug-likeness (QED) is 0.472. The van der Waals surface area contributed by atoms with Gasteiger partial charge in [0.05, 0.1) is 24.1 Å². The average Bonchev–Trinajstić information content (AvgIpc) is 2.95. The molecule has 0 saturated carbocycles. The Kier molecular flexibility index (Phi) is 3.47. The van der Waals surface area contributed by atoms with Crippen LogP contribution >= 0.6 is 0 Å². The molecule has 0 aliphatic heterocycles. The van der Waals surface area contributed by atoms with E-state index in [1.807, 2.05) is 0 Å². The first-order chi connectivity index (χ1) is 8.65. The number of furan rings is 1. The number of hydrogen-bond acceptors (Lipinski definition) is 5. The molecule has 6 nitrogen and oxygen atoms in total. The van der Waals surface area contributed by atoms with E-state index in [-0.39, 0.29) is 30.0 Å². The van der Waals surface area contributed by atoms with Crippen molar-refractivity contribution in [2.75, 3.05) is 0 Å². The maximum absolute atomic E-state index is 11.1. The third-order valence-electron chi connectivity index (χ3n) is 2.63. The number of aromatic carboxylic acids is 1. The molecule has 0 aliphatic carbocycles. The Morgan fingerprint density at radius 2 is 2.26 bits per heavy atom. The molecule has 3 rings (SSSR count). The van der Waals surface area contributed by atoms with Gasteiger partial charge in [-0.15, -0.1) is 0 Å². The molecule has 3 heterocycles. The molecular weight excluding hydrogens is 241 g/mol. The van der Waals surface area contributed by atoms with Crippen molar-refractivity contribution >= 4 is 17.1 Å². The Bertz CT molecular complexity index is 748. The SMILES string of the molecule is Cn1cc(-c2cc(C(=O)[O-])c3occc3n2)cn1.[Li+]. The van der Waals surface area contributed by atoms with Crippen molar-refractivity contribution in [1.82, 2.24) is 14.8 Å². The molecule has 0 fully saturated rings. The van der Waals surface area contributed by atoms with Crippen LogP contribution in [0.25, 0.3) is 22.4 Å². The number of nitrogens with zero attached hydrogens (tertiary/aromatic N) is 3. The van der Waals surface area contributed by atoms with Crippen molar-refractivity contribution in [2.24, 2.45) is 7.05 Å². The molecule has 0 radical (unpaired) electrons. The van der Waals surface area contributed by atoms with Gasteiger partial charge in [-0.05, 0) is 6.07 Å². The van der Waals surface area contributed by atoms with E-state index in [2.05, 4.69) is 10.1 Å². The van der Waals surface area contributed by atoms with E-state index in [0.29, 0.717) is 11.2 Å². The monoisotopic (exact) mass is 249 g/mol. The van der Waals surface area contributed by atoms with Crippen LogP contribution in [-0.4, -0.2) is 20.7 Å². The van der Waals surface area contributed by atoms with Crippen LogP contribution in [0.2, 0.25) is 0 Å². The van der Waals surface area contributed by atoms with Crippen LogP contribution in [0.5, 0.6) is 0 Å². The van der Waals surface area contributed by atoms with Gasteiger partial charge in [0.15, 0.2) is 5.58 Å². The van der Waals surface area contributed by atoms with Crippen LogP contribution in [0, 0.1) is 0 Å². The normalized spacial score (nSPS) is 10.4. The molecule has 0 bridgehead atoms. The summed E-state index contributed by atoms with van der Waals surface area (Å²) in [4.78, 5) is 15.4. The van der Waals surface area contributed by atoms with E-state index < -0.39 is 5.97 Å². The van der Waals surface area contributed by atoms with Gasteiger partial charge in [-0.2, -0.15) is 5.10 Å². The summed E-state index contributed by atoms with van der Waals surface area (Å²) in [7, 11) is 1.78. The Morgan fingerprint density at radius 1 is 1.47 bits per heavy atom. The third kappa shape index (κ3) is 2.28. The van der Waals surface area contributed by atoms with Crippen LogP contribution in [0.1, 0.15) is 10.4 Å². The maximum atomic E-state index is 11.1. The van der Waals surface area contributed by atoms with Gasteiger partial charge in [-0.1, -0.05) is 0 Å². The molecule has 3 aromatic rings. The molecule has 0 amide bonds. The van der Waals surface area contributed by atoms with E-state index in [9.17, 15) is 9.90 Å². The van der Waals surface area contributed by atoms with Crippen molar-refractivity contribution < 1.29 is 33.2 Å². The van der Waals surface area contributed by atoms with Gasteiger partial charge < -0.3 is 14.3 Å². The van der Waals surface area contributed by atoms with Crippen LogP contribution < -0.4 is 24.0 Å². The first-order valence-corrected chi connectivity index (χ1v) is 5.24. The van der Waals surface area contributed by atoms with Gasteiger partial charge in [0.1, 0.15) is 5.52 Å². The number of carboxylic acid groups (broad SMARTS) is 1. The second-order valence-electron chi connectivity index (χ2n) is 3.88. The summed E-state index contributed by atoms with van der Waals surface area (Å²) in [5.41, 5.74) is 1.96. The Balaban J connectivity index is 0.00000133. The number of carbonyl (C=O) groups excluding carboxylic acids is 1. The molecule has 0 spiro atoms. The molecule has 19 heavy (non-hydrogen) atoms. The smallest absolute Gasteiger partial charge is 0.545 e.